The van der Waals surface area contributed by atoms with Gasteiger partial charge in [-0.2, -0.15) is 5.10 Å². The number of carbonyl (C=O) groups excluding carboxylic acids is 3. The Kier molecular flexibility index (Phi) is 7.52. The van der Waals surface area contributed by atoms with Gasteiger partial charge in [0.05, 0.1) is 17.0 Å². The molecule has 2 rings (SSSR count). The lowest BCUT2D eigenvalue weighted by molar-refractivity contribution is 0.0949. The molecule has 8 nitrogen and oxygen atoms in total. The van der Waals surface area contributed by atoms with Crippen molar-refractivity contribution in [3.05, 3.63) is 46.8 Å². The molecule has 0 saturated heterocycles. The van der Waals surface area contributed by atoms with Crippen LogP contribution in [0.1, 0.15) is 67.2 Å². The first-order valence-electron chi connectivity index (χ1n) is 9.65. The van der Waals surface area contributed by atoms with E-state index in [2.05, 4.69) is 22.8 Å². The molecule has 1 aliphatic rings. The van der Waals surface area contributed by atoms with Crippen LogP contribution in [-0.2, 0) is 4.74 Å². The number of aldehydes is 1. The van der Waals surface area contributed by atoms with Crippen LogP contribution in [0.5, 0.6) is 0 Å². The highest BCUT2D eigenvalue weighted by molar-refractivity contribution is 6.05. The van der Waals surface area contributed by atoms with E-state index < -0.39 is 17.4 Å². The number of unbranched alkanes of at least 4 members (excludes halogenated alkanes) is 2. The Morgan fingerprint density at radius 1 is 1.34 bits per heavy atom. The smallest absolute Gasteiger partial charge is 0.411 e. The molecule has 1 aromatic carbocycles. The second kappa shape index (κ2) is 9.86. The third kappa shape index (κ3) is 5.66. The lowest BCUT2D eigenvalue weighted by atomic mass is 9.88. The molecule has 1 aliphatic heterocycles. The summed E-state index contributed by atoms with van der Waals surface area (Å²) in [4.78, 5) is 35.7. The van der Waals surface area contributed by atoms with Gasteiger partial charge >= 0.3 is 6.09 Å². The number of hydrogen-bond acceptors (Lipinski definition) is 6. The molecule has 29 heavy (non-hydrogen) atoms. The van der Waals surface area contributed by atoms with Crippen LogP contribution in [0.4, 0.5) is 4.79 Å². The maximum atomic E-state index is 12.5. The number of allylic oxidation sites excluding steroid dienone is 1. The summed E-state index contributed by atoms with van der Waals surface area (Å²) in [5.74, 6) is -0.518. The van der Waals surface area contributed by atoms with E-state index >= 15 is 0 Å². The Balaban J connectivity index is 2.37. The summed E-state index contributed by atoms with van der Waals surface area (Å²) in [6.07, 6.45) is 3.28. The summed E-state index contributed by atoms with van der Waals surface area (Å²) in [7, 11) is 0. The highest BCUT2D eigenvalue weighted by Crippen LogP contribution is 2.28. The van der Waals surface area contributed by atoms with Gasteiger partial charge in [0, 0.05) is 16.7 Å². The van der Waals surface area contributed by atoms with Crippen molar-refractivity contribution in [1.29, 1.82) is 0 Å². The third-order valence-electron chi connectivity index (χ3n) is 4.72. The first kappa shape index (κ1) is 22.1. The van der Waals surface area contributed by atoms with E-state index in [-0.39, 0.29) is 17.7 Å². The van der Waals surface area contributed by atoms with Crippen molar-refractivity contribution in [2.24, 2.45) is 16.3 Å². The molecule has 2 amide bonds. The molecule has 0 spiro atoms. The molecule has 0 saturated carbocycles. The van der Waals surface area contributed by atoms with Gasteiger partial charge in [-0.15, -0.1) is 0 Å². The van der Waals surface area contributed by atoms with E-state index in [1.54, 1.807) is 24.3 Å². The van der Waals surface area contributed by atoms with Crippen LogP contribution in [-0.4, -0.2) is 30.6 Å². The zero-order chi connectivity index (χ0) is 21.4. The largest absolute Gasteiger partial charge is 0.448 e. The monoisotopic (exact) mass is 400 g/mol. The standard InChI is InChI=1S/C21H28N4O4/c1-4-5-6-11-16(17-18(22)21(2,3)13-29-20(28)23-17)24-25-19(27)15-10-8-7-9-14(15)12-26/h7-10,12H,4-6,11,13,22H2,1-3H3,(H,23,28)(H,25,27)/b24-16+. The average Bonchev–Trinajstić information content (AvgIpc) is 2.81. The Morgan fingerprint density at radius 3 is 2.76 bits per heavy atom. The highest BCUT2D eigenvalue weighted by atomic mass is 16.5. The fourth-order valence-electron chi connectivity index (χ4n) is 2.86. The second-order valence-corrected chi connectivity index (χ2v) is 7.54. The Hall–Kier alpha value is -3.16. The minimum atomic E-state index is -0.616. The predicted molar refractivity (Wildman–Crippen MR) is 110 cm³/mol. The van der Waals surface area contributed by atoms with Crippen molar-refractivity contribution < 1.29 is 19.1 Å². The number of amides is 2. The number of carbonyl (C=O) groups is 3. The minimum Gasteiger partial charge on any atom is -0.448 e. The van der Waals surface area contributed by atoms with E-state index in [1.165, 1.54) is 0 Å². The maximum Gasteiger partial charge on any atom is 0.411 e. The number of benzene rings is 1. The van der Waals surface area contributed by atoms with E-state index in [4.69, 9.17) is 10.5 Å². The SMILES string of the molecule is CCCCC/C(=N\NC(=O)c1ccccc1C=O)C1=C(N)C(C)(C)COC(=O)N1. The summed E-state index contributed by atoms with van der Waals surface area (Å²) in [6.45, 7) is 5.94. The highest BCUT2D eigenvalue weighted by Gasteiger charge is 2.32. The molecule has 0 bridgehead atoms. The molecule has 0 atom stereocenters. The second-order valence-electron chi connectivity index (χ2n) is 7.54. The van der Waals surface area contributed by atoms with Gasteiger partial charge in [-0.1, -0.05) is 51.8 Å². The van der Waals surface area contributed by atoms with Gasteiger partial charge in [0.15, 0.2) is 6.29 Å². The first-order chi connectivity index (χ1) is 13.8. The molecule has 0 unspecified atom stereocenters. The summed E-state index contributed by atoms with van der Waals surface area (Å²) in [6, 6.07) is 6.44. The van der Waals surface area contributed by atoms with Crippen molar-refractivity contribution in [3.8, 4) is 0 Å². The zero-order valence-corrected chi connectivity index (χ0v) is 17.1. The fourth-order valence-corrected chi connectivity index (χ4v) is 2.86. The Bertz CT molecular complexity index is 843. The minimum absolute atomic E-state index is 0.134. The molecular weight excluding hydrogens is 372 g/mol. The number of rotatable bonds is 8. The number of nitrogens with zero attached hydrogens (tertiary/aromatic N) is 1. The van der Waals surface area contributed by atoms with Crippen molar-refractivity contribution in [2.75, 3.05) is 6.61 Å². The Morgan fingerprint density at radius 2 is 2.07 bits per heavy atom. The molecule has 4 N–H and O–H groups in total. The number of nitrogens with two attached hydrogens (primary N) is 1. The van der Waals surface area contributed by atoms with Crippen LogP contribution in [0.15, 0.2) is 40.8 Å². The summed E-state index contributed by atoms with van der Waals surface area (Å²) in [5, 5.41) is 6.91. The van der Waals surface area contributed by atoms with Crippen LogP contribution < -0.4 is 16.5 Å². The summed E-state index contributed by atoms with van der Waals surface area (Å²) >= 11 is 0. The normalized spacial score (nSPS) is 16.5. The molecule has 0 aliphatic carbocycles. The van der Waals surface area contributed by atoms with Crippen molar-refractivity contribution >= 4 is 24.0 Å². The topological polar surface area (TPSA) is 123 Å². The molecule has 0 radical (unpaired) electrons. The lowest BCUT2D eigenvalue weighted by Gasteiger charge is -2.23. The molecule has 1 heterocycles. The number of ether oxygens (including phenoxy) is 1. The van der Waals surface area contributed by atoms with Gasteiger partial charge in [0.1, 0.15) is 6.61 Å². The lowest BCUT2D eigenvalue weighted by Crippen LogP contribution is -2.32. The van der Waals surface area contributed by atoms with Gasteiger partial charge in [-0.3, -0.25) is 14.9 Å². The molecule has 156 valence electrons. The summed E-state index contributed by atoms with van der Waals surface area (Å²) < 4.78 is 5.17. The molecule has 8 heteroatoms. The number of hydrazone groups is 1. The van der Waals surface area contributed by atoms with E-state index in [0.29, 0.717) is 29.8 Å². The van der Waals surface area contributed by atoms with Crippen LogP contribution in [0.2, 0.25) is 0 Å². The van der Waals surface area contributed by atoms with E-state index in [1.807, 2.05) is 13.8 Å². The quantitative estimate of drug-likeness (QED) is 0.268. The average molecular weight is 400 g/mol. The van der Waals surface area contributed by atoms with Crippen LogP contribution in [0, 0.1) is 5.41 Å². The third-order valence-corrected chi connectivity index (χ3v) is 4.72. The molecular formula is C21H28N4O4. The first-order valence-corrected chi connectivity index (χ1v) is 9.65. The molecule has 1 aromatic rings. The van der Waals surface area contributed by atoms with Crippen molar-refractivity contribution in [1.82, 2.24) is 10.7 Å². The predicted octanol–water partition coefficient (Wildman–Crippen LogP) is 3.10. The zero-order valence-electron chi connectivity index (χ0n) is 17.1. The van der Waals surface area contributed by atoms with Gasteiger partial charge in [-0.25, -0.2) is 10.2 Å². The van der Waals surface area contributed by atoms with Crippen LogP contribution in [0.25, 0.3) is 0 Å². The van der Waals surface area contributed by atoms with Gasteiger partial charge < -0.3 is 10.5 Å². The summed E-state index contributed by atoms with van der Waals surface area (Å²) in [5.41, 5.74) is 9.97. The van der Waals surface area contributed by atoms with Crippen LogP contribution in [0.3, 0.4) is 0 Å². The number of cyclic esters (lactones) is 1. The van der Waals surface area contributed by atoms with E-state index in [0.717, 1.165) is 19.3 Å². The molecule has 0 fully saturated rings. The van der Waals surface area contributed by atoms with Crippen molar-refractivity contribution in [3.63, 3.8) is 0 Å². The van der Waals surface area contributed by atoms with E-state index in [9.17, 15) is 14.4 Å². The van der Waals surface area contributed by atoms with Crippen molar-refractivity contribution in [2.45, 2.75) is 46.5 Å². The fraction of sp³-hybridized carbons (Fsp3) is 0.429. The number of hydrogen-bond donors (Lipinski definition) is 3. The van der Waals surface area contributed by atoms with Gasteiger partial charge in [0.25, 0.3) is 5.91 Å². The van der Waals surface area contributed by atoms with Gasteiger partial charge in [-0.05, 0) is 18.9 Å². The Labute approximate surface area is 170 Å². The number of alkyl carbamates (subject to hydrolysis) is 1. The maximum absolute atomic E-state index is 12.5. The molecule has 0 aromatic heterocycles. The van der Waals surface area contributed by atoms with Crippen LogP contribution >= 0.6 is 0 Å². The number of nitrogens with one attached hydrogen (secondary N) is 2. The van der Waals surface area contributed by atoms with Gasteiger partial charge in [0.2, 0.25) is 0 Å².